The van der Waals surface area contributed by atoms with Crippen LogP contribution in [0.3, 0.4) is 0 Å². The maximum Gasteiger partial charge on any atom is 0.251 e. The molecule has 26 heavy (non-hydrogen) atoms. The minimum atomic E-state index is -0.180. The summed E-state index contributed by atoms with van der Waals surface area (Å²) in [6.45, 7) is 10.7. The number of nitrogens with one attached hydrogen (secondary N) is 3. The number of nitrogens with zero attached hydrogens (tertiary/aromatic N) is 1. The molecule has 1 atom stereocenters. The average Bonchev–Trinajstić information content (AvgIpc) is 2.58. The van der Waals surface area contributed by atoms with E-state index in [0.29, 0.717) is 31.2 Å². The fourth-order valence-electron chi connectivity index (χ4n) is 2.29. The van der Waals surface area contributed by atoms with E-state index in [1.165, 1.54) is 12.1 Å². The van der Waals surface area contributed by atoms with E-state index in [9.17, 15) is 9.90 Å². The first-order valence-corrected chi connectivity index (χ1v) is 8.90. The molecule has 146 valence electrons. The topological polar surface area (TPSA) is 95.0 Å². The number of guanidine groups is 1. The van der Waals surface area contributed by atoms with Gasteiger partial charge in [-0.3, -0.25) is 9.79 Å². The largest absolute Gasteiger partial charge is 0.508 e. The summed E-state index contributed by atoms with van der Waals surface area (Å²) in [5.41, 5.74) is 0.518. The normalized spacial score (nSPS) is 13.2. The monoisotopic (exact) mass is 364 g/mol. The van der Waals surface area contributed by atoms with Gasteiger partial charge in [-0.15, -0.1) is 0 Å². The predicted octanol–water partition coefficient (Wildman–Crippen LogP) is 1.74. The lowest BCUT2D eigenvalue weighted by Gasteiger charge is -2.28. The lowest BCUT2D eigenvalue weighted by atomic mass is 9.89. The third-order valence-electron chi connectivity index (χ3n) is 3.84. The summed E-state index contributed by atoms with van der Waals surface area (Å²) in [7, 11) is 1.70. The van der Waals surface area contributed by atoms with Gasteiger partial charge in [0.25, 0.3) is 5.91 Å². The van der Waals surface area contributed by atoms with Crippen LogP contribution in [0, 0.1) is 5.41 Å². The molecule has 1 aromatic rings. The quantitative estimate of drug-likeness (QED) is 0.320. The van der Waals surface area contributed by atoms with Gasteiger partial charge in [0.1, 0.15) is 5.75 Å². The van der Waals surface area contributed by atoms with E-state index in [-0.39, 0.29) is 23.2 Å². The van der Waals surface area contributed by atoms with Gasteiger partial charge in [0.15, 0.2) is 5.96 Å². The van der Waals surface area contributed by atoms with Crippen molar-refractivity contribution in [1.29, 1.82) is 0 Å². The third-order valence-corrected chi connectivity index (χ3v) is 3.84. The Kier molecular flexibility index (Phi) is 8.92. The highest BCUT2D eigenvalue weighted by Gasteiger charge is 2.24. The Morgan fingerprint density at radius 2 is 1.77 bits per heavy atom. The van der Waals surface area contributed by atoms with Gasteiger partial charge in [-0.05, 0) is 36.6 Å². The van der Waals surface area contributed by atoms with Gasteiger partial charge in [-0.25, -0.2) is 0 Å². The summed E-state index contributed by atoms with van der Waals surface area (Å²) in [5.74, 6) is 0.651. The molecule has 0 aliphatic carbocycles. The highest BCUT2D eigenvalue weighted by atomic mass is 16.5. The Bertz CT molecular complexity index is 579. The fraction of sp³-hybridized carbons (Fsp3) is 0.579. The molecule has 0 aromatic heterocycles. The number of aliphatic imine (C=N–C) groups is 1. The summed E-state index contributed by atoms with van der Waals surface area (Å²) in [5, 5.41) is 18.5. The van der Waals surface area contributed by atoms with Crippen LogP contribution >= 0.6 is 0 Å². The van der Waals surface area contributed by atoms with E-state index >= 15 is 0 Å². The average molecular weight is 364 g/mol. The van der Waals surface area contributed by atoms with Crippen LogP contribution in [0.1, 0.15) is 38.1 Å². The number of phenols is 1. The maximum atomic E-state index is 12.0. The number of hydrogen-bond donors (Lipinski definition) is 4. The first kappa shape index (κ1) is 21.8. The Hall–Kier alpha value is -2.28. The van der Waals surface area contributed by atoms with Crippen molar-refractivity contribution in [2.24, 2.45) is 10.4 Å². The summed E-state index contributed by atoms with van der Waals surface area (Å²) < 4.78 is 5.52. The molecule has 0 aliphatic rings. The van der Waals surface area contributed by atoms with Gasteiger partial charge >= 0.3 is 0 Å². The van der Waals surface area contributed by atoms with Crippen LogP contribution in [-0.4, -0.2) is 56.4 Å². The highest BCUT2D eigenvalue weighted by Crippen LogP contribution is 2.21. The SMILES string of the molecule is CCNC(=NCC(OC)C(C)(C)C)NCCNC(=O)c1ccc(O)cc1. The zero-order valence-electron chi connectivity index (χ0n) is 16.4. The van der Waals surface area contributed by atoms with Crippen molar-refractivity contribution in [3.05, 3.63) is 29.8 Å². The molecule has 0 spiro atoms. The Labute approximate surface area is 156 Å². The Balaban J connectivity index is 2.46. The Morgan fingerprint density at radius 1 is 1.15 bits per heavy atom. The number of phenolic OH excluding ortho intramolecular Hbond substituents is 1. The van der Waals surface area contributed by atoms with Crippen molar-refractivity contribution in [3.8, 4) is 5.75 Å². The van der Waals surface area contributed by atoms with Crippen molar-refractivity contribution in [2.45, 2.75) is 33.8 Å². The predicted molar refractivity (Wildman–Crippen MR) is 105 cm³/mol. The molecular formula is C19H32N4O3. The van der Waals surface area contributed by atoms with Crippen molar-refractivity contribution in [2.75, 3.05) is 33.3 Å². The van der Waals surface area contributed by atoms with Gasteiger partial charge < -0.3 is 25.8 Å². The van der Waals surface area contributed by atoms with E-state index in [1.54, 1.807) is 19.2 Å². The van der Waals surface area contributed by atoms with Gasteiger partial charge in [0.2, 0.25) is 0 Å². The van der Waals surface area contributed by atoms with Crippen molar-refractivity contribution in [3.63, 3.8) is 0 Å². The minimum absolute atomic E-state index is 0.00761. The summed E-state index contributed by atoms with van der Waals surface area (Å²) in [4.78, 5) is 16.6. The zero-order chi connectivity index (χ0) is 19.6. The van der Waals surface area contributed by atoms with Crippen LogP contribution in [0.5, 0.6) is 5.75 Å². The van der Waals surface area contributed by atoms with E-state index in [1.807, 2.05) is 6.92 Å². The van der Waals surface area contributed by atoms with Crippen LogP contribution in [0.25, 0.3) is 0 Å². The molecule has 0 heterocycles. The smallest absolute Gasteiger partial charge is 0.251 e. The first-order chi connectivity index (χ1) is 12.3. The molecular weight excluding hydrogens is 332 g/mol. The summed E-state index contributed by atoms with van der Waals surface area (Å²) >= 11 is 0. The van der Waals surface area contributed by atoms with Crippen LogP contribution in [0.15, 0.2) is 29.3 Å². The van der Waals surface area contributed by atoms with Gasteiger partial charge in [0.05, 0.1) is 12.6 Å². The number of benzene rings is 1. The second-order valence-corrected chi connectivity index (χ2v) is 7.04. The molecule has 0 bridgehead atoms. The second-order valence-electron chi connectivity index (χ2n) is 7.04. The number of hydrogen-bond acceptors (Lipinski definition) is 4. The highest BCUT2D eigenvalue weighted by molar-refractivity contribution is 5.94. The lowest BCUT2D eigenvalue weighted by Crippen LogP contribution is -2.42. The first-order valence-electron chi connectivity index (χ1n) is 8.90. The van der Waals surface area contributed by atoms with Gasteiger partial charge in [0, 0.05) is 32.3 Å². The number of amides is 1. The third kappa shape index (κ3) is 7.74. The second kappa shape index (κ2) is 10.7. The molecule has 7 nitrogen and oxygen atoms in total. The van der Waals surface area contributed by atoms with Crippen LogP contribution < -0.4 is 16.0 Å². The molecule has 1 amide bonds. The molecule has 7 heteroatoms. The molecule has 0 saturated carbocycles. The van der Waals surface area contributed by atoms with Crippen molar-refractivity contribution >= 4 is 11.9 Å². The number of carbonyl (C=O) groups excluding carboxylic acids is 1. The molecule has 0 fully saturated rings. The summed E-state index contributed by atoms with van der Waals surface area (Å²) in [6.07, 6.45) is 0.0205. The fourth-order valence-corrected chi connectivity index (χ4v) is 2.29. The van der Waals surface area contributed by atoms with Crippen LogP contribution in [0.2, 0.25) is 0 Å². The molecule has 0 aliphatic heterocycles. The van der Waals surface area contributed by atoms with Crippen LogP contribution in [0.4, 0.5) is 0 Å². The zero-order valence-corrected chi connectivity index (χ0v) is 16.4. The molecule has 0 saturated heterocycles. The molecule has 1 rings (SSSR count). The standard InChI is InChI=1S/C19H32N4O3/c1-6-20-18(23-13-16(26-5)19(2,3)4)22-12-11-21-17(25)14-7-9-15(24)10-8-14/h7-10,16,24H,6,11-13H2,1-5H3,(H,21,25)(H2,20,22,23). The van der Waals surface area contributed by atoms with Gasteiger partial charge in [-0.2, -0.15) is 0 Å². The molecule has 1 aromatic carbocycles. The van der Waals surface area contributed by atoms with E-state index in [0.717, 1.165) is 6.54 Å². The number of rotatable bonds is 8. The number of aromatic hydroxyl groups is 1. The summed E-state index contributed by atoms with van der Waals surface area (Å²) in [6, 6.07) is 6.15. The van der Waals surface area contributed by atoms with E-state index in [4.69, 9.17) is 4.74 Å². The number of methoxy groups -OCH3 is 1. The van der Waals surface area contributed by atoms with E-state index < -0.39 is 0 Å². The number of carbonyl (C=O) groups is 1. The lowest BCUT2D eigenvalue weighted by molar-refractivity contribution is 0.0241. The maximum absolute atomic E-state index is 12.0. The van der Waals surface area contributed by atoms with Crippen molar-refractivity contribution < 1.29 is 14.6 Å². The molecule has 4 N–H and O–H groups in total. The van der Waals surface area contributed by atoms with Gasteiger partial charge in [-0.1, -0.05) is 20.8 Å². The molecule has 0 radical (unpaired) electrons. The molecule has 1 unspecified atom stereocenters. The van der Waals surface area contributed by atoms with E-state index in [2.05, 4.69) is 41.7 Å². The Morgan fingerprint density at radius 3 is 2.31 bits per heavy atom. The van der Waals surface area contributed by atoms with Crippen LogP contribution in [-0.2, 0) is 4.74 Å². The number of ether oxygens (including phenoxy) is 1. The van der Waals surface area contributed by atoms with Crippen molar-refractivity contribution in [1.82, 2.24) is 16.0 Å². The minimum Gasteiger partial charge on any atom is -0.508 e.